The maximum absolute atomic E-state index is 2.39. The van der Waals surface area contributed by atoms with Crippen LogP contribution in [-0.4, -0.2) is 0 Å². The first-order valence-corrected chi connectivity index (χ1v) is 14.8. The molecule has 3 rings (SSSR count). The van der Waals surface area contributed by atoms with Gasteiger partial charge in [0.2, 0.25) is 0 Å². The quantitative estimate of drug-likeness (QED) is 0.131. The zero-order valence-corrected chi connectivity index (χ0v) is 22.3. The van der Waals surface area contributed by atoms with E-state index in [9.17, 15) is 0 Å². The van der Waals surface area contributed by atoms with Crippen LogP contribution in [0.5, 0.6) is 0 Å². The minimum absolute atomic E-state index is 1.22. The molecule has 0 radical (unpaired) electrons. The van der Waals surface area contributed by atoms with Crippen LogP contribution in [-0.2, 0) is 12.8 Å². The van der Waals surface area contributed by atoms with Crippen molar-refractivity contribution in [2.75, 3.05) is 0 Å². The van der Waals surface area contributed by atoms with Gasteiger partial charge in [-0.15, -0.1) is 0 Å². The van der Waals surface area contributed by atoms with Crippen molar-refractivity contribution in [3.63, 3.8) is 0 Å². The molecule has 0 N–H and O–H groups in total. The third-order valence-electron chi connectivity index (χ3n) is 7.72. The van der Waals surface area contributed by atoms with Gasteiger partial charge >= 0.3 is 0 Å². The van der Waals surface area contributed by atoms with Gasteiger partial charge in [-0.3, -0.25) is 0 Å². The molecule has 0 saturated carbocycles. The number of aryl methyl sites for hydroxylation is 2. The van der Waals surface area contributed by atoms with Crippen molar-refractivity contribution in [1.82, 2.24) is 0 Å². The average molecular weight is 459 g/mol. The summed E-state index contributed by atoms with van der Waals surface area (Å²) in [4.78, 5) is 0. The minimum Gasteiger partial charge on any atom is -0.0654 e. The zero-order chi connectivity index (χ0) is 23.8. The van der Waals surface area contributed by atoms with Gasteiger partial charge in [-0.2, -0.15) is 0 Å². The fraction of sp³-hybridized carbons (Fsp3) is 0.588. The first-order chi connectivity index (χ1) is 16.9. The van der Waals surface area contributed by atoms with Crippen LogP contribution in [0.3, 0.4) is 0 Å². The highest BCUT2D eigenvalue weighted by Crippen LogP contribution is 2.35. The molecule has 3 aromatic rings. The Morgan fingerprint density at radius 2 is 0.618 bits per heavy atom. The molecule has 0 aliphatic carbocycles. The molecule has 0 heterocycles. The highest BCUT2D eigenvalue weighted by atomic mass is 14.2. The molecule has 0 nitrogen and oxygen atoms in total. The van der Waals surface area contributed by atoms with E-state index in [1.54, 1.807) is 11.1 Å². The number of rotatable bonds is 18. The summed E-state index contributed by atoms with van der Waals surface area (Å²) in [5, 5.41) is 6.05. The van der Waals surface area contributed by atoms with Gasteiger partial charge in [0.25, 0.3) is 0 Å². The number of unbranched alkanes of at least 4 members (excludes halogenated alkanes) is 14. The standard InChI is InChI=1S/C34H50/c1-3-5-7-9-11-13-15-17-23-29-31-25-19-21-27-33(31)30(34-28-22-20-26-32(29)34)24-18-16-14-12-10-8-6-4-2/h19-22,25-28H,3-18,23-24H2,1-2H3. The topological polar surface area (TPSA) is 0 Å². The van der Waals surface area contributed by atoms with E-state index in [0.29, 0.717) is 0 Å². The predicted octanol–water partition coefficient (Wildman–Crippen LogP) is 11.4. The Hall–Kier alpha value is -1.82. The molecule has 0 spiro atoms. The molecular formula is C34H50. The van der Waals surface area contributed by atoms with Crippen LogP contribution in [0.1, 0.15) is 128 Å². The van der Waals surface area contributed by atoms with E-state index in [-0.39, 0.29) is 0 Å². The first-order valence-electron chi connectivity index (χ1n) is 14.8. The summed E-state index contributed by atoms with van der Waals surface area (Å²) >= 11 is 0. The van der Waals surface area contributed by atoms with Crippen molar-refractivity contribution >= 4 is 21.5 Å². The molecule has 0 amide bonds. The molecule has 0 heteroatoms. The average Bonchev–Trinajstić information content (AvgIpc) is 2.87. The van der Waals surface area contributed by atoms with Crippen molar-refractivity contribution < 1.29 is 0 Å². The van der Waals surface area contributed by atoms with E-state index < -0.39 is 0 Å². The van der Waals surface area contributed by atoms with Crippen LogP contribution >= 0.6 is 0 Å². The Labute approximate surface area is 210 Å². The molecule has 0 aliphatic heterocycles. The molecule has 34 heavy (non-hydrogen) atoms. The lowest BCUT2D eigenvalue weighted by molar-refractivity contribution is 0.576. The molecule has 0 aromatic heterocycles. The van der Waals surface area contributed by atoms with E-state index in [0.717, 1.165) is 0 Å². The summed E-state index contributed by atoms with van der Waals surface area (Å²) in [6.07, 6.45) is 24.6. The largest absolute Gasteiger partial charge is 0.0654 e. The highest BCUT2D eigenvalue weighted by molar-refractivity contribution is 6.05. The van der Waals surface area contributed by atoms with E-state index in [4.69, 9.17) is 0 Å². The van der Waals surface area contributed by atoms with Gasteiger partial charge in [-0.25, -0.2) is 0 Å². The van der Waals surface area contributed by atoms with Crippen LogP contribution in [0.15, 0.2) is 48.5 Å². The Morgan fingerprint density at radius 3 is 0.912 bits per heavy atom. The van der Waals surface area contributed by atoms with Crippen LogP contribution in [0.4, 0.5) is 0 Å². The second-order valence-corrected chi connectivity index (χ2v) is 10.5. The molecule has 0 bridgehead atoms. The zero-order valence-electron chi connectivity index (χ0n) is 22.3. The van der Waals surface area contributed by atoms with Gasteiger partial charge < -0.3 is 0 Å². The monoisotopic (exact) mass is 458 g/mol. The summed E-state index contributed by atoms with van der Waals surface area (Å²) in [5.74, 6) is 0. The van der Waals surface area contributed by atoms with E-state index >= 15 is 0 Å². The fourth-order valence-electron chi connectivity index (χ4n) is 5.72. The number of hydrogen-bond acceptors (Lipinski definition) is 0. The van der Waals surface area contributed by atoms with Crippen molar-refractivity contribution in [2.24, 2.45) is 0 Å². The molecule has 0 aliphatic rings. The van der Waals surface area contributed by atoms with Gasteiger partial charge in [0.15, 0.2) is 0 Å². The Morgan fingerprint density at radius 1 is 0.353 bits per heavy atom. The van der Waals surface area contributed by atoms with Gasteiger partial charge in [0.1, 0.15) is 0 Å². The fourth-order valence-corrected chi connectivity index (χ4v) is 5.72. The molecule has 0 unspecified atom stereocenters. The van der Waals surface area contributed by atoms with Crippen molar-refractivity contribution in [1.29, 1.82) is 0 Å². The van der Waals surface area contributed by atoms with Crippen LogP contribution < -0.4 is 0 Å². The smallest absolute Gasteiger partial charge is 0.0143 e. The van der Waals surface area contributed by atoms with Gasteiger partial charge in [-0.05, 0) is 58.4 Å². The van der Waals surface area contributed by atoms with Crippen molar-refractivity contribution in [3.8, 4) is 0 Å². The molecule has 0 atom stereocenters. The van der Waals surface area contributed by atoms with E-state index in [1.165, 1.54) is 137 Å². The SMILES string of the molecule is CCCCCCCCCCc1c2ccccc2c(CCCCCCCCCC)c2ccccc12. The number of fused-ring (bicyclic) bond motifs is 2. The van der Waals surface area contributed by atoms with Crippen LogP contribution in [0, 0.1) is 0 Å². The summed E-state index contributed by atoms with van der Waals surface area (Å²) < 4.78 is 0. The van der Waals surface area contributed by atoms with Crippen molar-refractivity contribution in [2.45, 2.75) is 129 Å². The van der Waals surface area contributed by atoms with E-state index in [1.807, 2.05) is 0 Å². The maximum atomic E-state index is 2.39. The molecule has 0 saturated heterocycles. The highest BCUT2D eigenvalue weighted by Gasteiger charge is 2.13. The second-order valence-electron chi connectivity index (χ2n) is 10.5. The van der Waals surface area contributed by atoms with Gasteiger partial charge in [-0.1, -0.05) is 152 Å². The third-order valence-corrected chi connectivity index (χ3v) is 7.72. The lowest BCUT2D eigenvalue weighted by Gasteiger charge is -2.17. The lowest BCUT2D eigenvalue weighted by atomic mass is 9.87. The predicted molar refractivity (Wildman–Crippen MR) is 154 cm³/mol. The maximum Gasteiger partial charge on any atom is -0.0143 e. The molecule has 3 aromatic carbocycles. The van der Waals surface area contributed by atoms with Gasteiger partial charge in [0.05, 0.1) is 0 Å². The lowest BCUT2D eigenvalue weighted by Crippen LogP contribution is -1.97. The molecule has 0 fully saturated rings. The second kappa shape index (κ2) is 16.0. The summed E-state index contributed by atoms with van der Waals surface area (Å²) in [6, 6.07) is 18.5. The minimum atomic E-state index is 1.22. The summed E-state index contributed by atoms with van der Waals surface area (Å²) in [5.41, 5.74) is 3.19. The number of benzene rings is 3. The van der Waals surface area contributed by atoms with Crippen LogP contribution in [0.2, 0.25) is 0 Å². The molecular weight excluding hydrogens is 408 g/mol. The Kier molecular flexibility index (Phi) is 12.6. The third kappa shape index (κ3) is 8.14. The summed E-state index contributed by atoms with van der Waals surface area (Å²) in [6.45, 7) is 4.60. The Bertz CT molecular complexity index is 816. The normalized spacial score (nSPS) is 11.6. The van der Waals surface area contributed by atoms with Gasteiger partial charge in [0, 0.05) is 0 Å². The number of hydrogen-bond donors (Lipinski definition) is 0. The molecule has 186 valence electrons. The van der Waals surface area contributed by atoms with Crippen molar-refractivity contribution in [3.05, 3.63) is 59.7 Å². The summed E-state index contributed by atoms with van der Waals surface area (Å²) in [7, 11) is 0. The Balaban J connectivity index is 1.65. The first kappa shape index (κ1) is 26.8. The van der Waals surface area contributed by atoms with Crippen LogP contribution in [0.25, 0.3) is 21.5 Å². The van der Waals surface area contributed by atoms with E-state index in [2.05, 4.69) is 62.4 Å².